The van der Waals surface area contributed by atoms with Gasteiger partial charge >= 0.3 is 0 Å². The van der Waals surface area contributed by atoms with Gasteiger partial charge < -0.3 is 14.8 Å². The number of amides is 2. The van der Waals surface area contributed by atoms with Gasteiger partial charge in [0.1, 0.15) is 0 Å². The van der Waals surface area contributed by atoms with Gasteiger partial charge in [-0.3, -0.25) is 9.59 Å². The number of hydrazone groups is 1. The molecule has 0 bridgehead atoms. The third-order valence-electron chi connectivity index (χ3n) is 3.72. The highest BCUT2D eigenvalue weighted by Crippen LogP contribution is 2.26. The van der Waals surface area contributed by atoms with Crippen molar-refractivity contribution in [2.75, 3.05) is 14.2 Å². The molecule has 2 amide bonds. The smallest absolute Gasteiger partial charge is 0.240 e. The van der Waals surface area contributed by atoms with E-state index in [1.807, 2.05) is 30.3 Å². The van der Waals surface area contributed by atoms with Crippen LogP contribution in [0.4, 0.5) is 0 Å². The van der Waals surface area contributed by atoms with Crippen molar-refractivity contribution in [1.29, 1.82) is 0 Å². The van der Waals surface area contributed by atoms with Gasteiger partial charge in [-0.05, 0) is 29.3 Å². The van der Waals surface area contributed by atoms with Gasteiger partial charge in [0.2, 0.25) is 11.8 Å². The zero-order valence-corrected chi connectivity index (χ0v) is 15.4. The monoisotopic (exact) mass is 369 g/mol. The normalized spacial score (nSPS) is 10.4. The molecule has 0 heterocycles. The molecule has 0 radical (unpaired) electrons. The molecule has 2 rings (SSSR count). The Balaban J connectivity index is 1.72. The molecule has 0 aromatic heterocycles. The lowest BCUT2D eigenvalue weighted by atomic mass is 10.2. The van der Waals surface area contributed by atoms with E-state index in [0.717, 1.165) is 11.1 Å². The Hall–Kier alpha value is -3.35. The summed E-state index contributed by atoms with van der Waals surface area (Å²) in [6.45, 7) is 0.443. The molecule has 7 heteroatoms. The second-order valence-corrected chi connectivity index (χ2v) is 5.67. The molecule has 7 nitrogen and oxygen atoms in total. The van der Waals surface area contributed by atoms with Gasteiger partial charge in [-0.25, -0.2) is 5.43 Å². The lowest BCUT2D eigenvalue weighted by Crippen LogP contribution is -2.25. The van der Waals surface area contributed by atoms with Crippen LogP contribution >= 0.6 is 0 Å². The summed E-state index contributed by atoms with van der Waals surface area (Å²) in [6, 6.07) is 14.9. The van der Waals surface area contributed by atoms with Gasteiger partial charge in [0.05, 0.1) is 20.4 Å². The minimum Gasteiger partial charge on any atom is -0.493 e. The van der Waals surface area contributed by atoms with Gasteiger partial charge in [0.15, 0.2) is 11.5 Å². The van der Waals surface area contributed by atoms with Crippen LogP contribution in [0.1, 0.15) is 24.0 Å². The van der Waals surface area contributed by atoms with E-state index in [9.17, 15) is 9.59 Å². The van der Waals surface area contributed by atoms with Gasteiger partial charge in [0, 0.05) is 19.4 Å². The lowest BCUT2D eigenvalue weighted by Gasteiger charge is -2.07. The van der Waals surface area contributed by atoms with Crippen molar-refractivity contribution >= 4 is 18.0 Å². The van der Waals surface area contributed by atoms with Crippen LogP contribution in [-0.2, 0) is 16.1 Å². The number of hydrogen-bond donors (Lipinski definition) is 2. The standard InChI is InChI=1S/C20H23N3O4/c1-26-17-9-8-16(12-18(17)27-2)14-22-23-20(25)11-10-19(24)21-13-15-6-4-3-5-7-15/h3-9,12,14H,10-11,13H2,1-2H3,(H,21,24)(H,23,25). The Morgan fingerprint density at radius 3 is 2.37 bits per heavy atom. The van der Waals surface area contributed by atoms with Crippen LogP contribution in [0.5, 0.6) is 11.5 Å². The Labute approximate surface area is 158 Å². The van der Waals surface area contributed by atoms with Crippen molar-refractivity contribution in [3.05, 3.63) is 59.7 Å². The van der Waals surface area contributed by atoms with Crippen molar-refractivity contribution < 1.29 is 19.1 Å². The summed E-state index contributed by atoms with van der Waals surface area (Å²) in [7, 11) is 3.10. The van der Waals surface area contributed by atoms with Gasteiger partial charge in [-0.15, -0.1) is 0 Å². The summed E-state index contributed by atoms with van der Waals surface area (Å²) in [4.78, 5) is 23.6. The summed E-state index contributed by atoms with van der Waals surface area (Å²) in [5.74, 6) is 0.669. The molecule has 0 aliphatic rings. The second kappa shape index (κ2) is 10.6. The molecule has 0 saturated carbocycles. The largest absolute Gasteiger partial charge is 0.493 e. The lowest BCUT2D eigenvalue weighted by molar-refractivity contribution is -0.126. The van der Waals surface area contributed by atoms with Gasteiger partial charge in [-0.2, -0.15) is 5.10 Å². The number of carbonyl (C=O) groups excluding carboxylic acids is 2. The van der Waals surface area contributed by atoms with Crippen LogP contribution in [0.15, 0.2) is 53.6 Å². The van der Waals surface area contributed by atoms with Crippen molar-refractivity contribution in [2.45, 2.75) is 19.4 Å². The number of ether oxygens (including phenoxy) is 2. The highest BCUT2D eigenvalue weighted by Gasteiger charge is 2.06. The first-order valence-corrected chi connectivity index (χ1v) is 8.47. The minimum atomic E-state index is -0.332. The minimum absolute atomic E-state index is 0.0594. The molecule has 0 saturated heterocycles. The Morgan fingerprint density at radius 2 is 1.67 bits per heavy atom. The molecule has 0 fully saturated rings. The Kier molecular flexibility index (Phi) is 7.84. The highest BCUT2D eigenvalue weighted by atomic mass is 16.5. The van der Waals surface area contributed by atoms with Crippen molar-refractivity contribution in [3.8, 4) is 11.5 Å². The fourth-order valence-electron chi connectivity index (χ4n) is 2.28. The van der Waals surface area contributed by atoms with E-state index in [-0.39, 0.29) is 24.7 Å². The van der Waals surface area contributed by atoms with Crippen LogP contribution in [0.2, 0.25) is 0 Å². The molecule has 2 aromatic carbocycles. The van der Waals surface area contributed by atoms with E-state index < -0.39 is 0 Å². The number of rotatable bonds is 9. The highest BCUT2D eigenvalue weighted by molar-refractivity contribution is 5.85. The summed E-state index contributed by atoms with van der Waals surface area (Å²) >= 11 is 0. The quantitative estimate of drug-likeness (QED) is 0.524. The third kappa shape index (κ3) is 6.81. The predicted octanol–water partition coefficient (Wildman–Crippen LogP) is 2.25. The summed E-state index contributed by atoms with van der Waals surface area (Å²) in [5.41, 5.74) is 4.16. The van der Waals surface area contributed by atoms with Crippen LogP contribution < -0.4 is 20.2 Å². The molecular formula is C20H23N3O4. The van der Waals surface area contributed by atoms with Crippen molar-refractivity contribution in [1.82, 2.24) is 10.7 Å². The Bertz CT molecular complexity index is 791. The summed E-state index contributed by atoms with van der Waals surface area (Å²) in [6.07, 6.45) is 1.66. The van der Waals surface area contributed by atoms with E-state index in [2.05, 4.69) is 15.8 Å². The summed E-state index contributed by atoms with van der Waals surface area (Å²) < 4.78 is 10.4. The molecule has 0 atom stereocenters. The van der Waals surface area contributed by atoms with E-state index in [4.69, 9.17) is 9.47 Å². The fraction of sp³-hybridized carbons (Fsp3) is 0.250. The van der Waals surface area contributed by atoms with E-state index in [1.54, 1.807) is 32.4 Å². The zero-order chi connectivity index (χ0) is 19.5. The molecule has 2 aromatic rings. The fourth-order valence-corrected chi connectivity index (χ4v) is 2.28. The zero-order valence-electron chi connectivity index (χ0n) is 15.4. The van der Waals surface area contributed by atoms with Gasteiger partial charge in [0.25, 0.3) is 0 Å². The van der Waals surface area contributed by atoms with Crippen LogP contribution in [0.25, 0.3) is 0 Å². The number of carbonyl (C=O) groups is 2. The molecule has 0 aliphatic heterocycles. The molecular weight excluding hydrogens is 346 g/mol. The van der Waals surface area contributed by atoms with Gasteiger partial charge in [-0.1, -0.05) is 30.3 Å². The SMILES string of the molecule is COc1ccc(C=NNC(=O)CCC(=O)NCc2ccccc2)cc1OC. The maximum absolute atomic E-state index is 11.8. The number of benzene rings is 2. The average molecular weight is 369 g/mol. The third-order valence-corrected chi connectivity index (χ3v) is 3.72. The molecule has 27 heavy (non-hydrogen) atoms. The van der Waals surface area contributed by atoms with Crippen molar-refractivity contribution in [3.63, 3.8) is 0 Å². The maximum Gasteiger partial charge on any atom is 0.240 e. The number of nitrogens with zero attached hydrogens (tertiary/aromatic N) is 1. The molecule has 0 spiro atoms. The van der Waals surface area contributed by atoms with Crippen LogP contribution in [0, 0.1) is 0 Å². The predicted molar refractivity (Wildman–Crippen MR) is 103 cm³/mol. The van der Waals surface area contributed by atoms with Crippen molar-refractivity contribution in [2.24, 2.45) is 5.10 Å². The van der Waals surface area contributed by atoms with E-state index in [0.29, 0.717) is 18.0 Å². The Morgan fingerprint density at radius 1 is 0.963 bits per heavy atom. The van der Waals surface area contributed by atoms with E-state index >= 15 is 0 Å². The molecule has 142 valence electrons. The first-order chi connectivity index (χ1) is 13.1. The van der Waals surface area contributed by atoms with Crippen LogP contribution in [0.3, 0.4) is 0 Å². The summed E-state index contributed by atoms with van der Waals surface area (Å²) in [5, 5.41) is 6.67. The first kappa shape index (κ1) is 20.0. The maximum atomic E-state index is 11.8. The topological polar surface area (TPSA) is 89.0 Å². The molecule has 0 aliphatic carbocycles. The number of nitrogens with one attached hydrogen (secondary N) is 2. The average Bonchev–Trinajstić information content (AvgIpc) is 2.71. The first-order valence-electron chi connectivity index (χ1n) is 8.47. The molecule has 0 unspecified atom stereocenters. The van der Waals surface area contributed by atoms with E-state index in [1.165, 1.54) is 6.21 Å². The van der Waals surface area contributed by atoms with Crippen LogP contribution in [-0.4, -0.2) is 32.2 Å². The number of hydrogen-bond acceptors (Lipinski definition) is 5. The molecule has 2 N–H and O–H groups in total. The second-order valence-electron chi connectivity index (χ2n) is 5.67. The number of methoxy groups -OCH3 is 2.